The maximum Gasteiger partial charge on any atom is 0.337 e. The fourth-order valence-corrected chi connectivity index (χ4v) is 2.12. The Morgan fingerprint density at radius 2 is 2.05 bits per heavy atom. The molecule has 0 unspecified atom stereocenters. The number of aryl methyl sites for hydroxylation is 1. The van der Waals surface area contributed by atoms with Crippen LogP contribution in [-0.2, 0) is 0 Å². The molecule has 1 aromatic carbocycles. The number of hydrogen-bond acceptors (Lipinski definition) is 8. The van der Waals surface area contributed by atoms with Crippen LogP contribution in [0, 0.1) is 6.92 Å². The third kappa shape index (κ3) is 3.31. The molecule has 1 aromatic heterocycles. The molecule has 8 nitrogen and oxygen atoms in total. The van der Waals surface area contributed by atoms with Gasteiger partial charge in [0.2, 0.25) is 5.13 Å². The summed E-state index contributed by atoms with van der Waals surface area (Å²) in [7, 11) is 3.37. The van der Waals surface area contributed by atoms with Gasteiger partial charge < -0.3 is 15.1 Å². The van der Waals surface area contributed by atoms with Crippen LogP contribution in [-0.4, -0.2) is 39.6 Å². The highest BCUT2D eigenvalue weighted by Crippen LogP contribution is 2.35. The van der Waals surface area contributed by atoms with Crippen molar-refractivity contribution in [3.8, 4) is 5.75 Å². The number of phenolic OH excluding ortho intramolecular Hbond substituents is 1. The molecule has 2 rings (SSSR count). The van der Waals surface area contributed by atoms with E-state index in [1.807, 2.05) is 0 Å². The largest absolute Gasteiger partial charge is 0.506 e. The highest BCUT2D eigenvalue weighted by Gasteiger charge is 2.16. The first-order chi connectivity index (χ1) is 9.88. The summed E-state index contributed by atoms with van der Waals surface area (Å²) in [4.78, 5) is 16.9. The van der Waals surface area contributed by atoms with Gasteiger partial charge in [0.25, 0.3) is 0 Å². The van der Waals surface area contributed by atoms with Crippen LogP contribution >= 0.6 is 11.5 Å². The third-order valence-corrected chi connectivity index (χ3v) is 3.26. The number of anilines is 1. The fraction of sp³-hybridized carbons (Fsp3) is 0.250. The standard InChI is InChI=1S/C12H13N5O3S/c1-6-13-12(21-16-6)15-14-8-4-7(11(19)20)9(17(2)3)5-10(8)18/h4-5,18H,1-3H3,(H,19,20). The van der Waals surface area contributed by atoms with E-state index in [2.05, 4.69) is 19.6 Å². The van der Waals surface area contributed by atoms with Gasteiger partial charge in [0.05, 0.1) is 11.3 Å². The average Bonchev–Trinajstić information content (AvgIpc) is 2.82. The zero-order valence-electron chi connectivity index (χ0n) is 11.6. The molecule has 0 saturated carbocycles. The van der Waals surface area contributed by atoms with E-state index >= 15 is 0 Å². The molecule has 21 heavy (non-hydrogen) atoms. The molecule has 2 aromatic rings. The van der Waals surface area contributed by atoms with Crippen molar-refractivity contribution in [2.24, 2.45) is 10.2 Å². The van der Waals surface area contributed by atoms with Gasteiger partial charge in [-0.1, -0.05) is 0 Å². The highest BCUT2D eigenvalue weighted by molar-refractivity contribution is 7.09. The number of phenols is 1. The summed E-state index contributed by atoms with van der Waals surface area (Å²) < 4.78 is 3.95. The van der Waals surface area contributed by atoms with Crippen LogP contribution in [0.2, 0.25) is 0 Å². The molecule has 0 fully saturated rings. The Bertz CT molecular complexity index is 711. The van der Waals surface area contributed by atoms with Crippen LogP contribution < -0.4 is 4.90 Å². The summed E-state index contributed by atoms with van der Waals surface area (Å²) in [6.07, 6.45) is 0. The molecular weight excluding hydrogens is 294 g/mol. The maximum absolute atomic E-state index is 11.3. The van der Waals surface area contributed by atoms with Gasteiger partial charge in [0.1, 0.15) is 17.3 Å². The second-order valence-corrected chi connectivity index (χ2v) is 5.11. The van der Waals surface area contributed by atoms with E-state index in [0.29, 0.717) is 16.6 Å². The lowest BCUT2D eigenvalue weighted by molar-refractivity contribution is 0.0697. The van der Waals surface area contributed by atoms with Gasteiger partial charge in [-0.05, 0) is 13.0 Å². The van der Waals surface area contributed by atoms with Crippen LogP contribution in [0.5, 0.6) is 5.75 Å². The van der Waals surface area contributed by atoms with Crippen molar-refractivity contribution in [3.05, 3.63) is 23.5 Å². The van der Waals surface area contributed by atoms with Crippen LogP contribution in [0.15, 0.2) is 22.4 Å². The molecule has 0 saturated heterocycles. The van der Waals surface area contributed by atoms with Gasteiger partial charge in [-0.2, -0.15) is 4.37 Å². The van der Waals surface area contributed by atoms with Gasteiger partial charge in [0, 0.05) is 31.7 Å². The topological polar surface area (TPSA) is 111 Å². The van der Waals surface area contributed by atoms with E-state index in [0.717, 1.165) is 11.5 Å². The number of azo groups is 1. The number of aromatic carboxylic acids is 1. The first-order valence-electron chi connectivity index (χ1n) is 5.88. The molecule has 9 heteroatoms. The molecule has 0 aliphatic heterocycles. The summed E-state index contributed by atoms with van der Waals surface area (Å²) in [6, 6.07) is 2.60. The summed E-state index contributed by atoms with van der Waals surface area (Å²) >= 11 is 1.07. The normalized spacial score (nSPS) is 11.0. The predicted molar refractivity (Wildman–Crippen MR) is 78.2 cm³/mol. The number of hydrogen-bond donors (Lipinski definition) is 2. The molecule has 110 valence electrons. The number of carboxylic acids is 1. The second kappa shape index (κ2) is 5.83. The van der Waals surface area contributed by atoms with Crippen molar-refractivity contribution in [1.82, 2.24) is 9.36 Å². The molecule has 0 bridgehead atoms. The van der Waals surface area contributed by atoms with Crippen molar-refractivity contribution < 1.29 is 15.0 Å². The fourth-order valence-electron chi connectivity index (χ4n) is 1.61. The van der Waals surface area contributed by atoms with E-state index < -0.39 is 5.97 Å². The molecule has 0 atom stereocenters. The van der Waals surface area contributed by atoms with Crippen molar-refractivity contribution in [2.45, 2.75) is 6.92 Å². The summed E-state index contributed by atoms with van der Waals surface area (Å²) in [5.41, 5.74) is 0.469. The number of carboxylic acid groups (broad SMARTS) is 1. The van der Waals surface area contributed by atoms with E-state index in [1.165, 1.54) is 12.1 Å². The minimum Gasteiger partial charge on any atom is -0.506 e. The molecule has 0 amide bonds. The Hall–Kier alpha value is -2.55. The lowest BCUT2D eigenvalue weighted by Gasteiger charge is -2.16. The number of aromatic nitrogens is 2. The molecular formula is C12H13N5O3S. The monoisotopic (exact) mass is 307 g/mol. The quantitative estimate of drug-likeness (QED) is 0.840. The third-order valence-electron chi connectivity index (χ3n) is 2.57. The lowest BCUT2D eigenvalue weighted by Crippen LogP contribution is -2.13. The van der Waals surface area contributed by atoms with Gasteiger partial charge in [-0.25, -0.2) is 9.78 Å². The summed E-state index contributed by atoms with van der Waals surface area (Å²) in [5, 5.41) is 27.1. The Morgan fingerprint density at radius 3 is 2.57 bits per heavy atom. The van der Waals surface area contributed by atoms with E-state index in [1.54, 1.807) is 25.9 Å². The maximum atomic E-state index is 11.3. The van der Waals surface area contributed by atoms with Crippen LogP contribution in [0.3, 0.4) is 0 Å². The minimum atomic E-state index is -1.11. The summed E-state index contributed by atoms with van der Waals surface area (Å²) in [6.45, 7) is 1.72. The van der Waals surface area contributed by atoms with Crippen molar-refractivity contribution in [1.29, 1.82) is 0 Å². The van der Waals surface area contributed by atoms with Crippen LogP contribution in [0.25, 0.3) is 0 Å². The highest BCUT2D eigenvalue weighted by atomic mass is 32.1. The van der Waals surface area contributed by atoms with Gasteiger partial charge in [0.15, 0.2) is 0 Å². The van der Waals surface area contributed by atoms with E-state index in [9.17, 15) is 15.0 Å². The van der Waals surface area contributed by atoms with Crippen molar-refractivity contribution >= 4 is 34.0 Å². The first-order valence-corrected chi connectivity index (χ1v) is 6.65. The number of benzene rings is 1. The van der Waals surface area contributed by atoms with Gasteiger partial charge in [-0.3, -0.25) is 0 Å². The number of aromatic hydroxyl groups is 1. The van der Waals surface area contributed by atoms with Gasteiger partial charge >= 0.3 is 5.97 Å². The summed E-state index contributed by atoms with van der Waals surface area (Å²) in [5.74, 6) is -0.692. The average molecular weight is 307 g/mol. The van der Waals surface area contributed by atoms with Gasteiger partial charge in [-0.15, -0.1) is 10.2 Å². The molecule has 0 aliphatic rings. The SMILES string of the molecule is Cc1nsc(N=Nc2cc(C(=O)O)c(N(C)C)cc2O)n1. The first kappa shape index (κ1) is 14.9. The Balaban J connectivity index is 2.42. The molecule has 1 heterocycles. The van der Waals surface area contributed by atoms with Crippen molar-refractivity contribution in [3.63, 3.8) is 0 Å². The Labute approximate surface area is 124 Å². The second-order valence-electron chi connectivity index (χ2n) is 4.38. The molecule has 2 N–H and O–H groups in total. The number of nitrogens with zero attached hydrogens (tertiary/aromatic N) is 5. The Morgan fingerprint density at radius 1 is 1.33 bits per heavy atom. The zero-order valence-corrected chi connectivity index (χ0v) is 12.4. The lowest BCUT2D eigenvalue weighted by atomic mass is 10.1. The van der Waals surface area contributed by atoms with E-state index in [4.69, 9.17) is 0 Å². The van der Waals surface area contributed by atoms with Crippen LogP contribution in [0.1, 0.15) is 16.2 Å². The van der Waals surface area contributed by atoms with Crippen molar-refractivity contribution in [2.75, 3.05) is 19.0 Å². The minimum absolute atomic E-state index is 0.0280. The Kier molecular flexibility index (Phi) is 4.13. The molecule has 0 radical (unpaired) electrons. The predicted octanol–water partition coefficient (Wildman–Crippen LogP) is 2.73. The number of carbonyl (C=O) groups is 1. The van der Waals surface area contributed by atoms with Crippen LogP contribution in [0.4, 0.5) is 16.5 Å². The molecule has 0 aliphatic carbocycles. The zero-order chi connectivity index (χ0) is 15.6. The molecule has 0 spiro atoms. The smallest absolute Gasteiger partial charge is 0.337 e. The van der Waals surface area contributed by atoms with E-state index in [-0.39, 0.29) is 17.0 Å². The number of rotatable bonds is 4.